The number of hydrogen-bond acceptors (Lipinski definition) is 6. The Morgan fingerprint density at radius 3 is 2.32 bits per heavy atom. The summed E-state index contributed by atoms with van der Waals surface area (Å²) < 4.78 is 10.1. The predicted octanol–water partition coefficient (Wildman–Crippen LogP) is 5.18. The fourth-order valence-electron chi connectivity index (χ4n) is 5.10. The van der Waals surface area contributed by atoms with Gasteiger partial charge in [0.15, 0.2) is 0 Å². The second kappa shape index (κ2) is 9.17. The van der Waals surface area contributed by atoms with Gasteiger partial charge in [-0.15, -0.1) is 0 Å². The van der Waals surface area contributed by atoms with Crippen LogP contribution >= 0.6 is 0 Å². The Kier molecular flexibility index (Phi) is 5.92. The number of nitrogens with zero attached hydrogens (tertiary/aromatic N) is 2. The van der Waals surface area contributed by atoms with Gasteiger partial charge in [0, 0.05) is 16.8 Å². The van der Waals surface area contributed by atoms with Crippen molar-refractivity contribution in [2.24, 2.45) is 5.92 Å². The molecule has 1 N–H and O–H groups in total. The zero-order valence-corrected chi connectivity index (χ0v) is 18.9. The van der Waals surface area contributed by atoms with E-state index in [2.05, 4.69) is 5.16 Å². The number of aliphatic hydroxyl groups is 1. The molecule has 1 saturated carbocycles. The molecule has 1 aromatic heterocycles. The molecule has 34 heavy (non-hydrogen) atoms. The Balaban J connectivity index is 1.58. The lowest BCUT2D eigenvalue weighted by Gasteiger charge is -2.34. The lowest BCUT2D eigenvalue weighted by Crippen LogP contribution is -2.40. The second-order valence-electron chi connectivity index (χ2n) is 8.80. The maximum Gasteiger partial charge on any atom is 0.299 e. The first-order chi connectivity index (χ1) is 16.6. The van der Waals surface area contributed by atoms with Gasteiger partial charge in [-0.25, -0.2) is 0 Å². The number of rotatable bonds is 5. The molecule has 2 fully saturated rings. The molecule has 0 radical (unpaired) electrons. The molecule has 0 spiro atoms. The first-order valence-electron chi connectivity index (χ1n) is 11.5. The van der Waals surface area contributed by atoms with E-state index < -0.39 is 17.7 Å². The average Bonchev–Trinajstić information content (AvgIpc) is 3.52. The number of aliphatic hydroxyl groups excluding tert-OH is 1. The molecule has 7 nitrogen and oxygen atoms in total. The van der Waals surface area contributed by atoms with Gasteiger partial charge in [-0.1, -0.05) is 36.6 Å². The summed E-state index contributed by atoms with van der Waals surface area (Å²) in [6, 6.07) is 13.8. The smallest absolute Gasteiger partial charge is 0.299 e. The number of carbonyl (C=O) groups is 2. The summed E-state index contributed by atoms with van der Waals surface area (Å²) in [6.07, 6.45) is 8.21. The van der Waals surface area contributed by atoms with Gasteiger partial charge in [-0.05, 0) is 60.7 Å². The van der Waals surface area contributed by atoms with Crippen LogP contribution in [0.3, 0.4) is 0 Å². The summed E-state index contributed by atoms with van der Waals surface area (Å²) in [7, 11) is 1.57. The summed E-state index contributed by atoms with van der Waals surface area (Å²) in [5, 5.41) is 15.0. The monoisotopic (exact) mass is 458 g/mol. The zero-order chi connectivity index (χ0) is 23.7. The number of hydrogen-bond donors (Lipinski definition) is 1. The molecule has 1 amide bonds. The highest BCUT2D eigenvalue weighted by Crippen LogP contribution is 2.41. The number of benzene rings is 2. The Hall–Kier alpha value is -3.87. The molecular formula is C27H26N2O5. The number of anilines is 1. The van der Waals surface area contributed by atoms with Crippen LogP contribution in [0.4, 0.5) is 5.69 Å². The maximum absolute atomic E-state index is 13.3. The molecule has 1 saturated heterocycles. The van der Waals surface area contributed by atoms with Crippen LogP contribution in [0.1, 0.15) is 37.7 Å². The van der Waals surface area contributed by atoms with Crippen molar-refractivity contribution in [1.29, 1.82) is 0 Å². The highest BCUT2D eigenvalue weighted by atomic mass is 16.5. The van der Waals surface area contributed by atoms with Crippen molar-refractivity contribution in [3.05, 3.63) is 72.1 Å². The summed E-state index contributed by atoms with van der Waals surface area (Å²) in [5.41, 5.74) is 3.03. The third kappa shape index (κ3) is 3.87. The van der Waals surface area contributed by atoms with Gasteiger partial charge in [0.1, 0.15) is 17.8 Å². The predicted molar refractivity (Wildman–Crippen MR) is 127 cm³/mol. The van der Waals surface area contributed by atoms with E-state index in [0.29, 0.717) is 17.0 Å². The molecule has 174 valence electrons. The molecule has 1 aliphatic carbocycles. The normalized spacial score (nSPS) is 20.6. The van der Waals surface area contributed by atoms with Crippen molar-refractivity contribution in [2.75, 3.05) is 12.0 Å². The van der Waals surface area contributed by atoms with E-state index in [1.807, 2.05) is 24.3 Å². The van der Waals surface area contributed by atoms with Gasteiger partial charge in [0.05, 0.1) is 24.9 Å². The Bertz CT molecular complexity index is 1210. The van der Waals surface area contributed by atoms with E-state index in [-0.39, 0.29) is 17.3 Å². The van der Waals surface area contributed by atoms with Crippen LogP contribution in [0.5, 0.6) is 5.75 Å². The Morgan fingerprint density at radius 2 is 1.71 bits per heavy atom. The average molecular weight is 459 g/mol. The minimum Gasteiger partial charge on any atom is -0.507 e. The van der Waals surface area contributed by atoms with Crippen LogP contribution in [0, 0.1) is 5.92 Å². The van der Waals surface area contributed by atoms with Crippen molar-refractivity contribution < 1.29 is 24.0 Å². The number of carbonyl (C=O) groups excluding carboxylic acids is 2. The summed E-state index contributed by atoms with van der Waals surface area (Å²) >= 11 is 0. The van der Waals surface area contributed by atoms with Crippen molar-refractivity contribution in [3.63, 3.8) is 0 Å². The van der Waals surface area contributed by atoms with Crippen LogP contribution in [-0.2, 0) is 9.59 Å². The Labute approximate surface area is 197 Å². The van der Waals surface area contributed by atoms with E-state index in [4.69, 9.17) is 9.26 Å². The van der Waals surface area contributed by atoms with Crippen LogP contribution < -0.4 is 9.64 Å². The minimum absolute atomic E-state index is 0.0947. The van der Waals surface area contributed by atoms with Crippen molar-refractivity contribution in [3.8, 4) is 16.9 Å². The van der Waals surface area contributed by atoms with Crippen LogP contribution in [-0.4, -0.2) is 35.1 Å². The van der Waals surface area contributed by atoms with Gasteiger partial charge in [0.25, 0.3) is 11.7 Å². The number of amides is 1. The molecule has 1 aliphatic heterocycles. The van der Waals surface area contributed by atoms with Crippen molar-refractivity contribution in [2.45, 2.75) is 38.1 Å². The molecule has 2 aliphatic rings. The van der Waals surface area contributed by atoms with Gasteiger partial charge in [-0.2, -0.15) is 0 Å². The molecular weight excluding hydrogens is 432 g/mol. The largest absolute Gasteiger partial charge is 0.507 e. The number of methoxy groups -OCH3 is 1. The lowest BCUT2D eigenvalue weighted by atomic mass is 9.80. The second-order valence-corrected chi connectivity index (χ2v) is 8.80. The number of Topliss-reactive ketones (excluding diaryl/α,β-unsaturated/α-hetero) is 1. The topological polar surface area (TPSA) is 92.9 Å². The van der Waals surface area contributed by atoms with Gasteiger partial charge in [0.2, 0.25) is 0 Å². The molecule has 5 rings (SSSR count). The summed E-state index contributed by atoms with van der Waals surface area (Å²) in [6.45, 7) is 0. The fourth-order valence-corrected chi connectivity index (χ4v) is 5.10. The van der Waals surface area contributed by atoms with E-state index in [9.17, 15) is 14.7 Å². The zero-order valence-electron chi connectivity index (χ0n) is 18.9. The lowest BCUT2D eigenvalue weighted by molar-refractivity contribution is -0.132. The van der Waals surface area contributed by atoms with E-state index >= 15 is 0 Å². The summed E-state index contributed by atoms with van der Waals surface area (Å²) in [4.78, 5) is 28.2. The number of ketones is 1. The highest BCUT2D eigenvalue weighted by Gasteiger charge is 2.49. The third-order valence-electron chi connectivity index (χ3n) is 6.86. The molecule has 2 heterocycles. The third-order valence-corrected chi connectivity index (χ3v) is 6.86. The first kappa shape index (κ1) is 21.9. The van der Waals surface area contributed by atoms with Crippen LogP contribution in [0.2, 0.25) is 0 Å². The van der Waals surface area contributed by atoms with Crippen molar-refractivity contribution in [1.82, 2.24) is 5.16 Å². The van der Waals surface area contributed by atoms with E-state index in [1.165, 1.54) is 0 Å². The minimum atomic E-state index is -0.646. The Morgan fingerprint density at radius 1 is 1.00 bits per heavy atom. The fraction of sp³-hybridized carbons (Fsp3) is 0.296. The number of ether oxygens (including phenoxy) is 1. The molecule has 3 aromatic rings. The molecule has 0 bridgehead atoms. The van der Waals surface area contributed by atoms with Crippen LogP contribution in [0.25, 0.3) is 16.9 Å². The maximum atomic E-state index is 13.3. The quantitative estimate of drug-likeness (QED) is 0.322. The SMILES string of the molecule is COc1ccc(/C(O)=C2\C(=O)C(=O)N(c3ccc(-c4cnoc4)cc3)C2C2CCCCC2)cc1. The first-order valence-corrected chi connectivity index (χ1v) is 11.5. The van der Waals surface area contributed by atoms with Gasteiger partial charge in [-0.3, -0.25) is 14.5 Å². The molecule has 1 unspecified atom stereocenters. The van der Waals surface area contributed by atoms with Gasteiger partial charge >= 0.3 is 0 Å². The highest BCUT2D eigenvalue weighted by molar-refractivity contribution is 6.51. The standard InChI is InChI=1S/C27H26N2O5/c1-33-22-13-9-19(10-14-22)25(30)23-24(18-5-3-2-4-6-18)29(27(32)26(23)31)21-11-7-17(8-12-21)20-15-28-34-16-20/h7-16,18,24,30H,2-6H2,1H3/b25-23+. The molecule has 7 heteroatoms. The van der Waals surface area contributed by atoms with E-state index in [1.54, 1.807) is 48.7 Å². The van der Waals surface area contributed by atoms with Gasteiger partial charge < -0.3 is 14.4 Å². The number of aromatic nitrogens is 1. The van der Waals surface area contributed by atoms with Crippen LogP contribution in [0.15, 0.2) is 71.1 Å². The summed E-state index contributed by atoms with van der Waals surface area (Å²) in [5.74, 6) is -0.651. The molecule has 2 aromatic carbocycles. The van der Waals surface area contributed by atoms with Crippen molar-refractivity contribution >= 4 is 23.1 Å². The molecule has 1 atom stereocenters. The van der Waals surface area contributed by atoms with E-state index in [0.717, 1.165) is 43.2 Å².